The van der Waals surface area contributed by atoms with E-state index in [9.17, 15) is 18.0 Å². The Labute approximate surface area is 156 Å². The highest BCUT2D eigenvalue weighted by Gasteiger charge is 2.30. The Hall–Kier alpha value is -2.38. The van der Waals surface area contributed by atoms with Gasteiger partial charge in [-0.1, -0.05) is 18.2 Å². The molecule has 1 amide bonds. The van der Waals surface area contributed by atoms with Crippen molar-refractivity contribution >= 4 is 5.91 Å². The van der Waals surface area contributed by atoms with Crippen molar-refractivity contribution in [1.29, 1.82) is 0 Å². The van der Waals surface area contributed by atoms with Crippen LogP contribution in [0.15, 0.2) is 42.5 Å². The fourth-order valence-electron chi connectivity index (χ4n) is 3.27. The number of rotatable bonds is 4. The Kier molecular flexibility index (Phi) is 5.53. The third-order valence-electron chi connectivity index (χ3n) is 4.85. The number of alkyl halides is 3. The molecule has 2 N–H and O–H groups in total. The van der Waals surface area contributed by atoms with Crippen molar-refractivity contribution in [1.82, 2.24) is 9.80 Å². The second-order valence-electron chi connectivity index (χ2n) is 6.90. The van der Waals surface area contributed by atoms with E-state index in [1.165, 1.54) is 6.07 Å². The number of hydrogen-bond acceptors (Lipinski definition) is 3. The predicted octanol–water partition coefficient (Wildman–Crippen LogP) is 3.22. The first kappa shape index (κ1) is 19.4. The Morgan fingerprint density at radius 2 is 1.78 bits per heavy atom. The molecule has 1 heterocycles. The molecule has 0 unspecified atom stereocenters. The molecule has 27 heavy (non-hydrogen) atoms. The van der Waals surface area contributed by atoms with Gasteiger partial charge in [-0.2, -0.15) is 13.2 Å². The lowest BCUT2D eigenvalue weighted by Gasteiger charge is -2.32. The number of amides is 1. The van der Waals surface area contributed by atoms with Gasteiger partial charge >= 0.3 is 6.18 Å². The summed E-state index contributed by atoms with van der Waals surface area (Å²) in [6, 6.07) is 10.2. The number of carbonyl (C=O) groups is 1. The van der Waals surface area contributed by atoms with Crippen LogP contribution in [0.1, 0.15) is 21.5 Å². The van der Waals surface area contributed by atoms with E-state index in [4.69, 9.17) is 5.73 Å². The Bertz CT molecular complexity index is 827. The van der Waals surface area contributed by atoms with Crippen molar-refractivity contribution in [2.45, 2.75) is 12.7 Å². The highest BCUT2D eigenvalue weighted by atomic mass is 19.4. The van der Waals surface area contributed by atoms with E-state index < -0.39 is 17.6 Å². The average Bonchev–Trinajstić information content (AvgIpc) is 2.63. The fourth-order valence-corrected chi connectivity index (χ4v) is 3.27. The van der Waals surface area contributed by atoms with Crippen LogP contribution in [-0.4, -0.2) is 48.9 Å². The summed E-state index contributed by atoms with van der Waals surface area (Å²) in [6.07, 6.45) is -4.44. The maximum absolute atomic E-state index is 13.1. The summed E-state index contributed by atoms with van der Waals surface area (Å²) >= 11 is 0. The van der Waals surface area contributed by atoms with Crippen LogP contribution in [0.4, 0.5) is 13.2 Å². The van der Waals surface area contributed by atoms with Crippen LogP contribution in [-0.2, 0) is 12.7 Å². The average molecular weight is 377 g/mol. The molecular formula is C20H22F3N3O. The van der Waals surface area contributed by atoms with Gasteiger partial charge in [0.25, 0.3) is 0 Å². The molecule has 0 atom stereocenters. The highest BCUT2D eigenvalue weighted by Crippen LogP contribution is 2.33. The van der Waals surface area contributed by atoms with Crippen LogP contribution in [0, 0.1) is 0 Å². The van der Waals surface area contributed by atoms with E-state index >= 15 is 0 Å². The smallest absolute Gasteiger partial charge is 0.366 e. The van der Waals surface area contributed by atoms with E-state index in [0.717, 1.165) is 43.9 Å². The lowest BCUT2D eigenvalue weighted by molar-refractivity contribution is -0.137. The van der Waals surface area contributed by atoms with E-state index in [0.29, 0.717) is 17.7 Å². The number of benzene rings is 2. The van der Waals surface area contributed by atoms with Gasteiger partial charge in [-0.25, -0.2) is 0 Å². The molecule has 7 heteroatoms. The molecule has 3 rings (SSSR count). The summed E-state index contributed by atoms with van der Waals surface area (Å²) in [5, 5.41) is 0. The van der Waals surface area contributed by atoms with Gasteiger partial charge in [0.2, 0.25) is 5.91 Å². The first-order valence-electron chi connectivity index (χ1n) is 8.75. The molecule has 0 aromatic heterocycles. The van der Waals surface area contributed by atoms with E-state index in [1.807, 2.05) is 6.07 Å². The molecule has 0 radical (unpaired) electrons. The van der Waals surface area contributed by atoms with Crippen molar-refractivity contribution in [2.24, 2.45) is 5.73 Å². The Morgan fingerprint density at radius 3 is 2.41 bits per heavy atom. The van der Waals surface area contributed by atoms with Crippen LogP contribution in [0.2, 0.25) is 0 Å². The molecule has 4 nitrogen and oxygen atoms in total. The summed E-state index contributed by atoms with van der Waals surface area (Å²) in [6.45, 7) is 4.47. The van der Waals surface area contributed by atoms with Crippen LogP contribution in [0.3, 0.4) is 0 Å². The molecule has 0 aliphatic carbocycles. The van der Waals surface area contributed by atoms with Crippen molar-refractivity contribution in [3.63, 3.8) is 0 Å². The van der Waals surface area contributed by atoms with Crippen LogP contribution in [0.5, 0.6) is 0 Å². The second-order valence-corrected chi connectivity index (χ2v) is 6.90. The van der Waals surface area contributed by atoms with Crippen LogP contribution >= 0.6 is 0 Å². The number of carbonyl (C=O) groups excluding carboxylic acids is 1. The van der Waals surface area contributed by atoms with Gasteiger partial charge in [0.05, 0.1) is 5.56 Å². The first-order chi connectivity index (χ1) is 12.7. The zero-order chi connectivity index (χ0) is 19.6. The molecular weight excluding hydrogens is 355 g/mol. The van der Waals surface area contributed by atoms with Gasteiger partial charge in [-0.3, -0.25) is 9.69 Å². The van der Waals surface area contributed by atoms with E-state index in [2.05, 4.69) is 16.8 Å². The van der Waals surface area contributed by atoms with Gasteiger partial charge in [0, 0.05) is 38.3 Å². The normalized spacial score (nSPS) is 16.4. The summed E-state index contributed by atoms with van der Waals surface area (Å²) in [7, 11) is 2.07. The zero-order valence-electron chi connectivity index (χ0n) is 15.1. The molecule has 0 spiro atoms. The lowest BCUT2D eigenvalue weighted by Crippen LogP contribution is -2.43. The van der Waals surface area contributed by atoms with Crippen molar-refractivity contribution < 1.29 is 18.0 Å². The third kappa shape index (κ3) is 4.67. The van der Waals surface area contributed by atoms with Crippen molar-refractivity contribution in [2.75, 3.05) is 33.2 Å². The fraction of sp³-hybridized carbons (Fsp3) is 0.350. The van der Waals surface area contributed by atoms with Crippen molar-refractivity contribution in [3.05, 3.63) is 59.2 Å². The highest BCUT2D eigenvalue weighted by molar-refractivity contribution is 6.00. The van der Waals surface area contributed by atoms with Crippen LogP contribution < -0.4 is 5.73 Å². The molecule has 1 fully saturated rings. The minimum Gasteiger partial charge on any atom is -0.366 e. The largest absolute Gasteiger partial charge is 0.416 e. The predicted molar refractivity (Wildman–Crippen MR) is 98.2 cm³/mol. The molecule has 0 bridgehead atoms. The lowest BCUT2D eigenvalue weighted by atomic mass is 9.95. The van der Waals surface area contributed by atoms with Gasteiger partial charge in [-0.05, 0) is 48.0 Å². The Balaban J connectivity index is 1.94. The quantitative estimate of drug-likeness (QED) is 0.890. The van der Waals surface area contributed by atoms with Gasteiger partial charge in [-0.15, -0.1) is 0 Å². The Morgan fingerprint density at radius 1 is 1.07 bits per heavy atom. The first-order valence-corrected chi connectivity index (χ1v) is 8.75. The standard InChI is InChI=1S/C20H22F3N3O/c1-25-7-9-26(10-8-25)13-14-5-6-17(19(24)27)18(11-14)15-3-2-4-16(12-15)20(21,22)23/h2-6,11-12H,7-10,13H2,1H3,(H2,24,27). The molecule has 1 saturated heterocycles. The summed E-state index contributed by atoms with van der Waals surface area (Å²) in [5.74, 6) is -0.659. The number of likely N-dealkylation sites (N-methyl/N-ethyl adjacent to an activating group) is 1. The summed E-state index contributed by atoms with van der Waals surface area (Å²) < 4.78 is 39.2. The molecule has 0 saturated carbocycles. The number of hydrogen-bond donors (Lipinski definition) is 1. The number of piperazine rings is 1. The minimum absolute atomic E-state index is 0.219. The van der Waals surface area contributed by atoms with E-state index in [-0.39, 0.29) is 5.56 Å². The second kappa shape index (κ2) is 7.70. The third-order valence-corrected chi connectivity index (χ3v) is 4.85. The molecule has 1 aliphatic rings. The zero-order valence-corrected chi connectivity index (χ0v) is 15.1. The molecule has 2 aromatic rings. The molecule has 144 valence electrons. The minimum atomic E-state index is -4.44. The summed E-state index contributed by atoms with van der Waals surface area (Å²) in [5.41, 5.74) is 6.62. The number of primary amides is 1. The number of nitrogens with two attached hydrogens (primary N) is 1. The van der Waals surface area contributed by atoms with Crippen LogP contribution in [0.25, 0.3) is 11.1 Å². The maximum Gasteiger partial charge on any atom is 0.416 e. The molecule has 1 aliphatic heterocycles. The number of nitrogens with zero attached hydrogens (tertiary/aromatic N) is 2. The maximum atomic E-state index is 13.1. The SMILES string of the molecule is CN1CCN(Cc2ccc(C(N)=O)c(-c3cccc(C(F)(F)F)c3)c2)CC1. The molecule has 2 aromatic carbocycles. The monoisotopic (exact) mass is 377 g/mol. The van der Waals surface area contributed by atoms with Crippen molar-refractivity contribution in [3.8, 4) is 11.1 Å². The summed E-state index contributed by atoms with van der Waals surface area (Å²) in [4.78, 5) is 16.3. The number of halogens is 3. The van der Waals surface area contributed by atoms with Gasteiger partial charge in [0.1, 0.15) is 0 Å². The topological polar surface area (TPSA) is 49.6 Å². The van der Waals surface area contributed by atoms with Gasteiger partial charge in [0.15, 0.2) is 0 Å². The van der Waals surface area contributed by atoms with Gasteiger partial charge < -0.3 is 10.6 Å². The van der Waals surface area contributed by atoms with E-state index in [1.54, 1.807) is 18.2 Å².